The van der Waals surface area contributed by atoms with E-state index in [0.29, 0.717) is 23.7 Å². The molecule has 1 aliphatic carbocycles. The van der Waals surface area contributed by atoms with Crippen molar-refractivity contribution >= 4 is 17.2 Å². The molecule has 1 saturated carbocycles. The Morgan fingerprint density at radius 3 is 2.85 bits per heavy atom. The highest BCUT2D eigenvalue weighted by Gasteiger charge is 2.39. The topological polar surface area (TPSA) is 63.1 Å². The van der Waals surface area contributed by atoms with Crippen LogP contribution in [0.3, 0.4) is 0 Å². The maximum absolute atomic E-state index is 12.5. The minimum absolute atomic E-state index is 0.0454. The number of fused-ring (bicyclic) bond motifs is 2. The molecule has 4 heterocycles. The number of hydrogen-bond acceptors (Lipinski definition) is 5. The summed E-state index contributed by atoms with van der Waals surface area (Å²) in [6, 6.07) is 2.54. The van der Waals surface area contributed by atoms with E-state index in [4.69, 9.17) is 0 Å². The average molecular weight is 372 g/mol. The van der Waals surface area contributed by atoms with Crippen LogP contribution >= 0.6 is 11.3 Å². The summed E-state index contributed by atoms with van der Waals surface area (Å²) in [5.74, 6) is 2.68. The van der Waals surface area contributed by atoms with Crippen molar-refractivity contribution in [2.24, 2.45) is 11.8 Å². The van der Waals surface area contributed by atoms with Gasteiger partial charge >= 0.3 is 0 Å². The van der Waals surface area contributed by atoms with Crippen molar-refractivity contribution in [3.8, 4) is 0 Å². The Morgan fingerprint density at radius 1 is 1.27 bits per heavy atom. The van der Waals surface area contributed by atoms with Gasteiger partial charge in [0.1, 0.15) is 5.82 Å². The smallest absolute Gasteiger partial charge is 0.289 e. The summed E-state index contributed by atoms with van der Waals surface area (Å²) in [6.45, 7) is 6.34. The summed E-state index contributed by atoms with van der Waals surface area (Å²) in [5.41, 5.74) is 1.40. The fourth-order valence-corrected chi connectivity index (χ4v) is 5.44. The number of likely N-dealkylation sites (tertiary alicyclic amines) is 1. The summed E-state index contributed by atoms with van der Waals surface area (Å²) in [5, 5.41) is 13.8. The van der Waals surface area contributed by atoms with Gasteiger partial charge in [-0.15, -0.1) is 21.5 Å². The van der Waals surface area contributed by atoms with Gasteiger partial charge in [0.05, 0.1) is 0 Å². The maximum atomic E-state index is 12.5. The predicted octanol–water partition coefficient (Wildman–Crippen LogP) is 2.23. The van der Waals surface area contributed by atoms with Crippen LogP contribution in [0.2, 0.25) is 0 Å². The highest BCUT2D eigenvalue weighted by Crippen LogP contribution is 2.34. The fraction of sp³-hybridized carbons (Fsp3) is 0.632. The van der Waals surface area contributed by atoms with E-state index in [-0.39, 0.29) is 5.91 Å². The Kier molecular flexibility index (Phi) is 4.09. The number of rotatable bonds is 4. The van der Waals surface area contributed by atoms with E-state index in [2.05, 4.69) is 43.4 Å². The summed E-state index contributed by atoms with van der Waals surface area (Å²) >= 11 is 1.86. The molecule has 0 aromatic carbocycles. The summed E-state index contributed by atoms with van der Waals surface area (Å²) in [6.07, 6.45) is 4.34. The molecule has 0 unspecified atom stereocenters. The molecule has 0 radical (unpaired) electrons. The largest absolute Gasteiger partial charge is 0.347 e. The average Bonchev–Trinajstić information content (AvgIpc) is 3.27. The van der Waals surface area contributed by atoms with E-state index in [9.17, 15) is 4.79 Å². The Labute approximate surface area is 157 Å². The Hall–Kier alpha value is -1.73. The SMILES string of the molecule is Cc1ccsc1CN1C[C@H]2Cc3nnc(C(=O)NC4CCC4)n3C[C@H]2C1. The van der Waals surface area contributed by atoms with Gasteiger partial charge in [-0.2, -0.15) is 0 Å². The fourth-order valence-electron chi connectivity index (χ4n) is 4.49. The summed E-state index contributed by atoms with van der Waals surface area (Å²) in [7, 11) is 0. The monoisotopic (exact) mass is 371 g/mol. The van der Waals surface area contributed by atoms with Crippen LogP contribution in [0.25, 0.3) is 0 Å². The van der Waals surface area contributed by atoms with E-state index in [1.54, 1.807) is 0 Å². The van der Waals surface area contributed by atoms with Crippen molar-refractivity contribution in [2.45, 2.75) is 51.7 Å². The molecule has 2 atom stereocenters. The quantitative estimate of drug-likeness (QED) is 0.895. The number of aryl methyl sites for hydroxylation is 1. The van der Waals surface area contributed by atoms with Crippen LogP contribution in [0.4, 0.5) is 0 Å². The first-order valence-corrected chi connectivity index (χ1v) is 10.5. The number of amides is 1. The van der Waals surface area contributed by atoms with Crippen LogP contribution in [0.15, 0.2) is 11.4 Å². The summed E-state index contributed by atoms with van der Waals surface area (Å²) < 4.78 is 2.08. The van der Waals surface area contributed by atoms with Gasteiger partial charge < -0.3 is 9.88 Å². The maximum Gasteiger partial charge on any atom is 0.289 e. The first-order chi connectivity index (χ1) is 12.7. The Bertz CT molecular complexity index is 824. The highest BCUT2D eigenvalue weighted by atomic mass is 32.1. The zero-order valence-corrected chi connectivity index (χ0v) is 16.0. The molecule has 1 N–H and O–H groups in total. The third-order valence-corrected chi connectivity index (χ3v) is 7.33. The van der Waals surface area contributed by atoms with Gasteiger partial charge in [-0.3, -0.25) is 9.69 Å². The third kappa shape index (κ3) is 2.87. The van der Waals surface area contributed by atoms with E-state index in [1.165, 1.54) is 16.9 Å². The zero-order valence-electron chi connectivity index (χ0n) is 15.1. The molecular formula is C19H25N5OS. The minimum atomic E-state index is -0.0454. The third-order valence-electron chi connectivity index (χ3n) is 6.32. The number of nitrogens with zero attached hydrogens (tertiary/aromatic N) is 4. The van der Waals surface area contributed by atoms with Crippen LogP contribution < -0.4 is 5.32 Å². The van der Waals surface area contributed by atoms with Crippen molar-refractivity contribution in [1.82, 2.24) is 25.0 Å². The molecule has 1 amide bonds. The van der Waals surface area contributed by atoms with Gasteiger partial charge in [0.25, 0.3) is 5.91 Å². The van der Waals surface area contributed by atoms with Gasteiger partial charge in [-0.25, -0.2) is 0 Å². The minimum Gasteiger partial charge on any atom is -0.347 e. The number of aromatic nitrogens is 3. The van der Waals surface area contributed by atoms with Crippen LogP contribution in [-0.4, -0.2) is 44.7 Å². The molecule has 1 saturated heterocycles. The Morgan fingerprint density at radius 2 is 2.12 bits per heavy atom. The first-order valence-electron chi connectivity index (χ1n) is 9.65. The molecule has 2 aromatic heterocycles. The van der Waals surface area contributed by atoms with Crippen molar-refractivity contribution in [3.05, 3.63) is 33.5 Å². The lowest BCUT2D eigenvalue weighted by Gasteiger charge is -2.28. The lowest BCUT2D eigenvalue weighted by molar-refractivity contribution is 0.0898. The van der Waals surface area contributed by atoms with E-state index < -0.39 is 0 Å². The van der Waals surface area contributed by atoms with Gasteiger partial charge in [0.15, 0.2) is 0 Å². The standard InChI is InChI=1S/C19H25N5OS/c1-12-5-6-26-16(12)11-23-8-13-7-17-21-22-18(24(17)10-14(13)9-23)19(25)20-15-3-2-4-15/h5-6,13-15H,2-4,7-11H2,1H3,(H,20,25)/t13-,14-/m1/s1. The number of carbonyl (C=O) groups excluding carboxylic acids is 1. The second-order valence-corrected chi connectivity index (χ2v) is 9.10. The number of nitrogens with one attached hydrogen (secondary N) is 1. The number of carbonyl (C=O) groups is 1. The van der Waals surface area contributed by atoms with Gasteiger partial charge in [-0.1, -0.05) is 0 Å². The van der Waals surface area contributed by atoms with Crippen molar-refractivity contribution in [1.29, 1.82) is 0 Å². The summed E-state index contributed by atoms with van der Waals surface area (Å²) in [4.78, 5) is 16.6. The van der Waals surface area contributed by atoms with Crippen LogP contribution in [-0.2, 0) is 19.5 Å². The molecule has 2 aromatic rings. The lowest BCUT2D eigenvalue weighted by Crippen LogP contribution is -2.41. The van der Waals surface area contributed by atoms with Crippen LogP contribution in [0.5, 0.6) is 0 Å². The molecule has 0 bridgehead atoms. The number of hydrogen-bond donors (Lipinski definition) is 1. The van der Waals surface area contributed by atoms with Gasteiger partial charge in [0.2, 0.25) is 5.82 Å². The second-order valence-electron chi connectivity index (χ2n) is 8.10. The van der Waals surface area contributed by atoms with Gasteiger partial charge in [-0.05, 0) is 55.0 Å². The van der Waals surface area contributed by atoms with E-state index in [1.807, 2.05) is 11.3 Å². The lowest BCUT2D eigenvalue weighted by atomic mass is 9.89. The normalized spacial score (nSPS) is 25.6. The zero-order chi connectivity index (χ0) is 17.7. The Balaban J connectivity index is 1.28. The van der Waals surface area contributed by atoms with E-state index in [0.717, 1.165) is 51.3 Å². The molecule has 2 fully saturated rings. The molecule has 3 aliphatic rings. The molecular weight excluding hydrogens is 346 g/mol. The molecule has 5 rings (SSSR count). The van der Waals surface area contributed by atoms with Crippen LogP contribution in [0.1, 0.15) is 46.1 Å². The molecule has 6 nitrogen and oxygen atoms in total. The molecule has 7 heteroatoms. The molecule has 26 heavy (non-hydrogen) atoms. The van der Waals surface area contributed by atoms with Gasteiger partial charge in [0, 0.05) is 43.5 Å². The van der Waals surface area contributed by atoms with E-state index >= 15 is 0 Å². The first kappa shape index (κ1) is 16.4. The molecule has 2 aliphatic heterocycles. The highest BCUT2D eigenvalue weighted by molar-refractivity contribution is 7.10. The second kappa shape index (κ2) is 6.46. The molecule has 138 valence electrons. The predicted molar refractivity (Wildman–Crippen MR) is 100 cm³/mol. The van der Waals surface area contributed by atoms with Crippen molar-refractivity contribution < 1.29 is 4.79 Å². The van der Waals surface area contributed by atoms with Crippen LogP contribution in [0, 0.1) is 18.8 Å². The number of thiophene rings is 1. The van der Waals surface area contributed by atoms with Crippen molar-refractivity contribution in [2.75, 3.05) is 13.1 Å². The van der Waals surface area contributed by atoms with Crippen molar-refractivity contribution in [3.63, 3.8) is 0 Å². The molecule has 0 spiro atoms.